The Morgan fingerprint density at radius 3 is 2.27 bits per heavy atom. The lowest BCUT2D eigenvalue weighted by Gasteiger charge is -2.40. The third kappa shape index (κ3) is 7.03. The zero-order valence-corrected chi connectivity index (χ0v) is 31.8. The summed E-state index contributed by atoms with van der Waals surface area (Å²) in [5.74, 6) is -0.271. The summed E-state index contributed by atoms with van der Waals surface area (Å²) >= 11 is 0. The number of carbonyl (C=O) groups is 3. The first kappa shape index (κ1) is 36.4. The fraction of sp³-hybridized carbons (Fsp3) is 0.400. The maximum absolute atomic E-state index is 14.1. The van der Waals surface area contributed by atoms with Crippen molar-refractivity contribution in [3.63, 3.8) is 0 Å². The minimum Gasteiger partial charge on any atom is -0.508 e. The van der Waals surface area contributed by atoms with Gasteiger partial charge in [-0.2, -0.15) is 0 Å². The van der Waals surface area contributed by atoms with Crippen LogP contribution in [0.25, 0.3) is 0 Å². The molecule has 3 saturated heterocycles. The molecular weight excluding hydrogens is 710 g/mol. The second kappa shape index (κ2) is 15.0. The number of amides is 3. The highest BCUT2D eigenvalue weighted by Crippen LogP contribution is 2.46. The summed E-state index contributed by atoms with van der Waals surface area (Å²) in [4.78, 5) is 46.3. The first-order valence-electron chi connectivity index (χ1n) is 20.0. The van der Waals surface area contributed by atoms with Gasteiger partial charge in [-0.15, -0.1) is 0 Å². The first-order chi connectivity index (χ1) is 27.2. The Morgan fingerprint density at radius 1 is 0.786 bits per heavy atom. The van der Waals surface area contributed by atoms with Gasteiger partial charge in [0.2, 0.25) is 11.8 Å². The predicted molar refractivity (Wildman–Crippen MR) is 211 cm³/mol. The monoisotopic (exact) mass is 757 g/mol. The Morgan fingerprint density at radius 2 is 1.52 bits per heavy atom. The standard InChI is InChI=1S/C45H48FN5O5/c1-28-22-33(46)4-9-37(28)43-42(38-11-8-36(52)24-32(38)27-56-43)30-2-5-34(6-3-30)49-16-14-29(15-17-49)25-48-18-20-50(21-19-48)35-7-10-39-31(23-35)26-51(45(39)55)40-12-13-41(53)47-44(40)54/h2-11,22-24,29,40,42-43,52H,12-21,25-27H2,1H3,(H,47,53,54)/t40-,42-,43-/m0/s1. The van der Waals surface area contributed by atoms with Gasteiger partial charge >= 0.3 is 0 Å². The molecule has 9 rings (SSSR count). The second-order valence-electron chi connectivity index (χ2n) is 16.1. The summed E-state index contributed by atoms with van der Waals surface area (Å²) in [6.45, 7) is 9.67. The highest BCUT2D eigenvalue weighted by molar-refractivity contribution is 6.05. The van der Waals surface area contributed by atoms with E-state index in [0.29, 0.717) is 31.1 Å². The molecule has 11 heteroatoms. The molecule has 56 heavy (non-hydrogen) atoms. The van der Waals surface area contributed by atoms with Gasteiger partial charge in [-0.25, -0.2) is 4.39 Å². The molecule has 0 aromatic heterocycles. The molecule has 3 fully saturated rings. The molecule has 4 aromatic rings. The van der Waals surface area contributed by atoms with E-state index in [4.69, 9.17) is 4.74 Å². The number of aryl methyl sites for hydroxylation is 1. The average molecular weight is 758 g/mol. The first-order valence-corrected chi connectivity index (χ1v) is 20.0. The van der Waals surface area contributed by atoms with Crippen LogP contribution in [-0.4, -0.2) is 84.5 Å². The van der Waals surface area contributed by atoms with Crippen molar-refractivity contribution >= 4 is 29.1 Å². The Hall–Kier alpha value is -5.26. The third-order valence-corrected chi connectivity index (χ3v) is 12.7. The van der Waals surface area contributed by atoms with Crippen molar-refractivity contribution in [3.05, 3.63) is 124 Å². The minimum atomic E-state index is -0.599. The zero-order valence-electron chi connectivity index (χ0n) is 31.8. The highest BCUT2D eigenvalue weighted by atomic mass is 19.1. The maximum atomic E-state index is 14.1. The largest absolute Gasteiger partial charge is 0.508 e. The molecule has 5 aliphatic heterocycles. The number of piperidine rings is 2. The number of fused-ring (bicyclic) bond motifs is 2. The quantitative estimate of drug-likeness (QED) is 0.220. The van der Waals surface area contributed by atoms with Crippen molar-refractivity contribution < 1.29 is 28.6 Å². The third-order valence-electron chi connectivity index (χ3n) is 12.7. The van der Waals surface area contributed by atoms with Crippen molar-refractivity contribution in [1.29, 1.82) is 0 Å². The number of hydrogen-bond acceptors (Lipinski definition) is 8. The van der Waals surface area contributed by atoms with Crippen molar-refractivity contribution in [2.45, 2.75) is 63.8 Å². The summed E-state index contributed by atoms with van der Waals surface area (Å²) in [5.41, 5.74) is 8.99. The van der Waals surface area contributed by atoms with E-state index in [0.717, 1.165) is 97.7 Å². The van der Waals surface area contributed by atoms with E-state index in [-0.39, 0.29) is 47.7 Å². The van der Waals surface area contributed by atoms with E-state index >= 15 is 0 Å². The Balaban J connectivity index is 0.790. The fourth-order valence-electron chi connectivity index (χ4n) is 9.62. The fourth-order valence-corrected chi connectivity index (χ4v) is 9.62. The van der Waals surface area contributed by atoms with Gasteiger partial charge < -0.3 is 24.5 Å². The number of carbonyl (C=O) groups excluding carboxylic acids is 3. The molecule has 0 bridgehead atoms. The molecule has 0 unspecified atom stereocenters. The number of piperazine rings is 1. The SMILES string of the molecule is Cc1cc(F)ccc1[C@@H]1OCc2cc(O)ccc2[C@@H]1c1ccc(N2CCC(CN3CCN(c4ccc5c(c4)CN([C@H]4CCC(=O)NC4=O)C5=O)CC3)CC2)cc1. The Labute approximate surface area is 326 Å². The molecule has 4 aromatic carbocycles. The van der Waals surface area contributed by atoms with Gasteiger partial charge in [-0.1, -0.05) is 24.3 Å². The van der Waals surface area contributed by atoms with Crippen LogP contribution >= 0.6 is 0 Å². The number of benzene rings is 4. The van der Waals surface area contributed by atoms with Crippen molar-refractivity contribution in [1.82, 2.24) is 15.1 Å². The van der Waals surface area contributed by atoms with Crippen LogP contribution in [0, 0.1) is 18.7 Å². The van der Waals surface area contributed by atoms with Gasteiger partial charge in [0, 0.05) is 81.6 Å². The van der Waals surface area contributed by atoms with E-state index < -0.39 is 6.04 Å². The zero-order chi connectivity index (χ0) is 38.5. The van der Waals surface area contributed by atoms with Crippen LogP contribution in [0.5, 0.6) is 5.75 Å². The molecule has 0 saturated carbocycles. The van der Waals surface area contributed by atoms with Crippen molar-refractivity contribution in [2.24, 2.45) is 5.92 Å². The molecule has 290 valence electrons. The molecule has 3 amide bonds. The second-order valence-corrected chi connectivity index (χ2v) is 16.1. The number of ether oxygens (including phenoxy) is 1. The lowest BCUT2D eigenvalue weighted by Crippen LogP contribution is -2.52. The van der Waals surface area contributed by atoms with Gasteiger partial charge in [0.05, 0.1) is 12.7 Å². The van der Waals surface area contributed by atoms with Crippen molar-refractivity contribution in [2.75, 3.05) is 55.6 Å². The molecular formula is C45H48FN5O5. The van der Waals surface area contributed by atoms with E-state index in [1.165, 1.54) is 11.8 Å². The predicted octanol–water partition coefficient (Wildman–Crippen LogP) is 6.04. The lowest BCUT2D eigenvalue weighted by molar-refractivity contribution is -0.136. The van der Waals surface area contributed by atoms with E-state index in [1.54, 1.807) is 23.1 Å². The number of phenols is 1. The molecule has 0 radical (unpaired) electrons. The number of rotatable bonds is 7. The average Bonchev–Trinajstić information content (AvgIpc) is 3.53. The van der Waals surface area contributed by atoms with Crippen LogP contribution in [0.15, 0.2) is 78.9 Å². The van der Waals surface area contributed by atoms with Gasteiger partial charge in [-0.05, 0) is 120 Å². The smallest absolute Gasteiger partial charge is 0.255 e. The number of phenolic OH excluding ortho intramolecular Hbond substituents is 1. The summed E-state index contributed by atoms with van der Waals surface area (Å²) in [7, 11) is 0. The number of nitrogens with one attached hydrogen (secondary N) is 1. The maximum Gasteiger partial charge on any atom is 0.255 e. The molecule has 3 atom stereocenters. The number of anilines is 2. The molecule has 5 heterocycles. The summed E-state index contributed by atoms with van der Waals surface area (Å²) in [6, 6.07) is 24.7. The highest BCUT2D eigenvalue weighted by Gasteiger charge is 2.40. The number of nitrogens with zero attached hydrogens (tertiary/aromatic N) is 4. The van der Waals surface area contributed by atoms with Crippen LogP contribution in [0.4, 0.5) is 15.8 Å². The molecule has 2 N–H and O–H groups in total. The van der Waals surface area contributed by atoms with Crippen LogP contribution < -0.4 is 15.1 Å². The topological polar surface area (TPSA) is 106 Å². The number of halogens is 1. The lowest BCUT2D eigenvalue weighted by atomic mass is 9.79. The summed E-state index contributed by atoms with van der Waals surface area (Å²) in [5, 5.41) is 12.6. The number of imide groups is 1. The van der Waals surface area contributed by atoms with Gasteiger partial charge in [-0.3, -0.25) is 24.6 Å². The molecule has 0 aliphatic carbocycles. The molecule has 0 spiro atoms. The number of aromatic hydroxyl groups is 1. The molecule has 5 aliphatic rings. The van der Waals surface area contributed by atoms with E-state index in [9.17, 15) is 23.9 Å². The summed E-state index contributed by atoms with van der Waals surface area (Å²) in [6.07, 6.45) is 2.64. The van der Waals surface area contributed by atoms with Gasteiger partial charge in [0.1, 0.15) is 17.6 Å². The van der Waals surface area contributed by atoms with Gasteiger partial charge in [0.15, 0.2) is 0 Å². The van der Waals surface area contributed by atoms with E-state index in [2.05, 4.69) is 50.3 Å². The van der Waals surface area contributed by atoms with Crippen LogP contribution in [0.3, 0.4) is 0 Å². The van der Waals surface area contributed by atoms with Crippen LogP contribution in [-0.2, 0) is 27.5 Å². The Kier molecular flexibility index (Phi) is 9.75. The Bertz CT molecular complexity index is 2160. The van der Waals surface area contributed by atoms with Gasteiger partial charge in [0.25, 0.3) is 5.91 Å². The van der Waals surface area contributed by atoms with Crippen LogP contribution in [0.1, 0.15) is 81.4 Å². The summed E-state index contributed by atoms with van der Waals surface area (Å²) < 4.78 is 20.5. The normalized spacial score (nSPS) is 23.3. The van der Waals surface area contributed by atoms with Crippen LogP contribution in [0.2, 0.25) is 0 Å². The van der Waals surface area contributed by atoms with E-state index in [1.807, 2.05) is 31.2 Å². The molecule has 10 nitrogen and oxygen atoms in total. The van der Waals surface area contributed by atoms with Crippen molar-refractivity contribution in [3.8, 4) is 5.75 Å². The number of hydrogen-bond donors (Lipinski definition) is 2. The minimum absolute atomic E-state index is 0.0917.